The third-order valence-electron chi connectivity index (χ3n) is 1.58. The number of nitrogens with one attached hydrogen (secondary N) is 1. The molecule has 1 aromatic carbocycles. The maximum atomic E-state index is 11.4. The number of alkyl halides is 1. The van der Waals surface area contributed by atoms with E-state index >= 15 is 0 Å². The summed E-state index contributed by atoms with van der Waals surface area (Å²) in [6.07, 6.45) is 0. The summed E-state index contributed by atoms with van der Waals surface area (Å²) in [5.41, 5.74) is 1.02. The molecule has 0 spiro atoms. The van der Waals surface area contributed by atoms with Crippen LogP contribution in [0.4, 0.5) is 0 Å². The smallest absolute Gasteiger partial charge is 0.262 e. The molecule has 0 aliphatic rings. The first-order valence-corrected chi connectivity index (χ1v) is 6.40. The molecule has 6 heteroatoms. The SMILES string of the molecule is CONS(=O)(=O)c1ccc(CBr)cc1. The van der Waals surface area contributed by atoms with Gasteiger partial charge in [0, 0.05) is 5.33 Å². The summed E-state index contributed by atoms with van der Waals surface area (Å²) in [7, 11) is -2.27. The molecule has 0 aliphatic heterocycles. The minimum atomic E-state index is -3.52. The predicted octanol–water partition coefficient (Wildman–Crippen LogP) is 1.42. The molecule has 4 nitrogen and oxygen atoms in total. The van der Waals surface area contributed by atoms with Crippen LogP contribution in [0, 0.1) is 0 Å². The first-order chi connectivity index (χ1) is 6.60. The summed E-state index contributed by atoms with van der Waals surface area (Å²) < 4.78 is 22.8. The Morgan fingerprint density at radius 2 is 1.93 bits per heavy atom. The van der Waals surface area contributed by atoms with E-state index in [9.17, 15) is 8.42 Å². The molecule has 1 rings (SSSR count). The fourth-order valence-electron chi connectivity index (χ4n) is 0.916. The van der Waals surface area contributed by atoms with Crippen LogP contribution in [0.15, 0.2) is 29.2 Å². The van der Waals surface area contributed by atoms with Crippen LogP contribution in [-0.2, 0) is 20.2 Å². The van der Waals surface area contributed by atoms with E-state index in [0.29, 0.717) is 5.33 Å². The molecule has 0 fully saturated rings. The van der Waals surface area contributed by atoms with Crippen LogP contribution in [0.5, 0.6) is 0 Å². The molecule has 0 heterocycles. The molecule has 0 aromatic heterocycles. The summed E-state index contributed by atoms with van der Waals surface area (Å²) >= 11 is 3.27. The highest BCUT2D eigenvalue weighted by Gasteiger charge is 2.12. The Hall–Kier alpha value is -0.430. The van der Waals surface area contributed by atoms with Crippen molar-refractivity contribution in [1.29, 1.82) is 0 Å². The molecule has 0 saturated heterocycles. The van der Waals surface area contributed by atoms with Gasteiger partial charge in [-0.1, -0.05) is 32.9 Å². The second kappa shape index (κ2) is 4.88. The topological polar surface area (TPSA) is 55.4 Å². The number of rotatable bonds is 4. The average Bonchev–Trinajstić information content (AvgIpc) is 2.18. The van der Waals surface area contributed by atoms with Crippen LogP contribution < -0.4 is 4.89 Å². The molecule has 0 radical (unpaired) electrons. The highest BCUT2D eigenvalue weighted by atomic mass is 79.9. The van der Waals surface area contributed by atoms with E-state index in [4.69, 9.17) is 0 Å². The van der Waals surface area contributed by atoms with Gasteiger partial charge >= 0.3 is 0 Å². The zero-order valence-electron chi connectivity index (χ0n) is 7.53. The molecule has 0 unspecified atom stereocenters. The van der Waals surface area contributed by atoms with Gasteiger partial charge in [0.2, 0.25) is 0 Å². The monoisotopic (exact) mass is 279 g/mol. The van der Waals surface area contributed by atoms with Crippen molar-refractivity contribution in [3.63, 3.8) is 0 Å². The zero-order valence-corrected chi connectivity index (χ0v) is 9.93. The number of halogens is 1. The quantitative estimate of drug-likeness (QED) is 0.670. The molecule has 0 bridgehead atoms. The van der Waals surface area contributed by atoms with Crippen molar-refractivity contribution in [1.82, 2.24) is 4.89 Å². The molecule has 0 atom stereocenters. The molecule has 1 N–H and O–H groups in total. The van der Waals surface area contributed by atoms with E-state index in [0.717, 1.165) is 5.56 Å². The number of benzene rings is 1. The Morgan fingerprint density at radius 1 is 1.36 bits per heavy atom. The molecule has 0 amide bonds. The highest BCUT2D eigenvalue weighted by Crippen LogP contribution is 2.12. The zero-order chi connectivity index (χ0) is 10.6. The Balaban J connectivity index is 2.97. The van der Waals surface area contributed by atoms with Crippen LogP contribution in [0.2, 0.25) is 0 Å². The van der Waals surface area contributed by atoms with E-state index in [1.54, 1.807) is 12.1 Å². The number of hydrogen-bond acceptors (Lipinski definition) is 3. The second-order valence-corrected chi connectivity index (χ2v) is 4.77. The maximum Gasteiger partial charge on any atom is 0.262 e. The van der Waals surface area contributed by atoms with E-state index in [1.165, 1.54) is 19.2 Å². The number of hydrogen-bond donors (Lipinski definition) is 1. The maximum absolute atomic E-state index is 11.4. The average molecular weight is 280 g/mol. The van der Waals surface area contributed by atoms with Crippen molar-refractivity contribution < 1.29 is 13.3 Å². The van der Waals surface area contributed by atoms with Gasteiger partial charge in [-0.3, -0.25) is 4.84 Å². The lowest BCUT2D eigenvalue weighted by molar-refractivity contribution is 0.153. The lowest BCUT2D eigenvalue weighted by Gasteiger charge is -2.04. The molecule has 0 saturated carbocycles. The third-order valence-corrected chi connectivity index (χ3v) is 3.51. The molecule has 0 aliphatic carbocycles. The van der Waals surface area contributed by atoms with Gasteiger partial charge in [-0.2, -0.15) is 0 Å². The van der Waals surface area contributed by atoms with Gasteiger partial charge in [0.15, 0.2) is 0 Å². The van der Waals surface area contributed by atoms with Crippen molar-refractivity contribution in [2.45, 2.75) is 10.2 Å². The normalized spacial score (nSPS) is 11.6. The van der Waals surface area contributed by atoms with Gasteiger partial charge < -0.3 is 0 Å². The van der Waals surface area contributed by atoms with Gasteiger partial charge in [-0.25, -0.2) is 8.42 Å². The van der Waals surface area contributed by atoms with Crippen molar-refractivity contribution in [3.8, 4) is 0 Å². The van der Waals surface area contributed by atoms with E-state index < -0.39 is 10.0 Å². The van der Waals surface area contributed by atoms with Crippen LogP contribution >= 0.6 is 15.9 Å². The van der Waals surface area contributed by atoms with Crippen LogP contribution in [0.1, 0.15) is 5.56 Å². The van der Waals surface area contributed by atoms with E-state index in [2.05, 4.69) is 20.8 Å². The van der Waals surface area contributed by atoms with Crippen LogP contribution in [-0.4, -0.2) is 15.5 Å². The summed E-state index contributed by atoms with van der Waals surface area (Å²) in [6, 6.07) is 6.52. The van der Waals surface area contributed by atoms with E-state index in [1.807, 2.05) is 4.89 Å². The second-order valence-electron chi connectivity index (χ2n) is 2.57. The summed E-state index contributed by atoms with van der Waals surface area (Å²) in [5, 5.41) is 0.699. The Morgan fingerprint density at radius 3 is 2.36 bits per heavy atom. The Labute approximate surface area is 91.4 Å². The van der Waals surface area contributed by atoms with Crippen molar-refractivity contribution in [3.05, 3.63) is 29.8 Å². The van der Waals surface area contributed by atoms with Crippen LogP contribution in [0.3, 0.4) is 0 Å². The lowest BCUT2D eigenvalue weighted by atomic mass is 10.2. The number of sulfonamides is 1. The molecule has 1 aromatic rings. The highest BCUT2D eigenvalue weighted by molar-refractivity contribution is 9.08. The van der Waals surface area contributed by atoms with Crippen molar-refractivity contribution in [2.75, 3.05) is 7.11 Å². The minimum Gasteiger partial charge on any atom is -0.290 e. The predicted molar refractivity (Wildman–Crippen MR) is 56.4 cm³/mol. The van der Waals surface area contributed by atoms with Gasteiger partial charge in [-0.15, -0.1) is 0 Å². The molecule has 14 heavy (non-hydrogen) atoms. The van der Waals surface area contributed by atoms with Gasteiger partial charge in [0.05, 0.1) is 12.0 Å². The van der Waals surface area contributed by atoms with Crippen molar-refractivity contribution >= 4 is 26.0 Å². The van der Waals surface area contributed by atoms with E-state index in [-0.39, 0.29) is 4.90 Å². The van der Waals surface area contributed by atoms with Gasteiger partial charge in [-0.05, 0) is 17.7 Å². The fourth-order valence-corrected chi connectivity index (χ4v) is 2.10. The van der Waals surface area contributed by atoms with Crippen LogP contribution in [0.25, 0.3) is 0 Å². The third kappa shape index (κ3) is 2.78. The molecular formula is C8H10BrNO3S. The Kier molecular flexibility index (Phi) is 4.06. The van der Waals surface area contributed by atoms with Gasteiger partial charge in [0.1, 0.15) is 0 Å². The summed E-state index contributed by atoms with van der Waals surface area (Å²) in [6.45, 7) is 0. The molecule has 78 valence electrons. The minimum absolute atomic E-state index is 0.184. The van der Waals surface area contributed by atoms with Gasteiger partial charge in [0.25, 0.3) is 10.0 Å². The summed E-state index contributed by atoms with van der Waals surface area (Å²) in [5.74, 6) is 0. The first kappa shape index (κ1) is 11.6. The summed E-state index contributed by atoms with van der Waals surface area (Å²) in [4.78, 5) is 6.49. The lowest BCUT2D eigenvalue weighted by Crippen LogP contribution is -2.22. The Bertz CT molecular complexity index is 388. The first-order valence-electron chi connectivity index (χ1n) is 3.80. The molecular weight excluding hydrogens is 270 g/mol. The standard InChI is InChI=1S/C8H10BrNO3S/c1-13-10-14(11,12)8-4-2-7(6-9)3-5-8/h2-5,10H,6H2,1H3. The van der Waals surface area contributed by atoms with Crippen molar-refractivity contribution in [2.24, 2.45) is 0 Å². The fraction of sp³-hybridized carbons (Fsp3) is 0.250. The largest absolute Gasteiger partial charge is 0.290 e.